The van der Waals surface area contributed by atoms with E-state index in [1.54, 1.807) is 6.07 Å². The van der Waals surface area contributed by atoms with Crippen LogP contribution >= 0.6 is 27.7 Å². The quantitative estimate of drug-likeness (QED) is 0.499. The van der Waals surface area contributed by atoms with Crippen LogP contribution in [0.15, 0.2) is 51.8 Å². The zero-order valence-electron chi connectivity index (χ0n) is 13.7. The van der Waals surface area contributed by atoms with Crippen molar-refractivity contribution in [1.29, 1.82) is 0 Å². The molecule has 0 spiro atoms. The lowest BCUT2D eigenvalue weighted by molar-refractivity contribution is -0.385. The minimum absolute atomic E-state index is 0.0897. The van der Waals surface area contributed by atoms with E-state index in [1.807, 2.05) is 12.1 Å². The average molecular weight is 459 g/mol. The van der Waals surface area contributed by atoms with E-state index in [-0.39, 0.29) is 10.6 Å². The number of benzene rings is 2. The molecule has 3 rings (SSSR count). The number of nitrogens with zero attached hydrogens (tertiary/aromatic N) is 2. The Morgan fingerprint density at radius 3 is 2.77 bits per heavy atom. The summed E-state index contributed by atoms with van der Waals surface area (Å²) in [5, 5.41) is 10.5. The second-order valence-electron chi connectivity index (χ2n) is 5.48. The molecule has 0 aromatic heterocycles. The van der Waals surface area contributed by atoms with Gasteiger partial charge in [-0.25, -0.2) is 8.42 Å². The lowest BCUT2D eigenvalue weighted by Crippen LogP contribution is -2.30. The molecule has 0 unspecified atom stereocenters. The number of rotatable bonds is 5. The summed E-state index contributed by atoms with van der Waals surface area (Å²) < 4.78 is 33.8. The maximum atomic E-state index is 13.1. The Hall–Kier alpha value is -1.62. The Kier molecular flexibility index (Phi) is 5.56. The highest BCUT2D eigenvalue weighted by molar-refractivity contribution is 9.10. The largest absolute Gasteiger partial charge is 0.496 e. The maximum absolute atomic E-state index is 13.1. The van der Waals surface area contributed by atoms with Gasteiger partial charge in [0.25, 0.3) is 5.69 Å². The zero-order chi connectivity index (χ0) is 18.9. The van der Waals surface area contributed by atoms with Crippen LogP contribution in [0.1, 0.15) is 10.9 Å². The van der Waals surface area contributed by atoms with E-state index in [2.05, 4.69) is 15.9 Å². The van der Waals surface area contributed by atoms with Crippen LogP contribution in [0, 0.1) is 10.1 Å². The Morgan fingerprint density at radius 1 is 1.31 bits per heavy atom. The summed E-state index contributed by atoms with van der Waals surface area (Å²) in [7, 11) is -2.36. The molecular weight excluding hydrogens is 444 g/mol. The molecule has 1 fully saturated rings. The summed E-state index contributed by atoms with van der Waals surface area (Å²) >= 11 is 4.89. The first-order valence-electron chi connectivity index (χ1n) is 7.56. The molecular formula is C16H15BrN2O5S2. The molecule has 0 radical (unpaired) electrons. The van der Waals surface area contributed by atoms with Gasteiger partial charge in [0.05, 0.1) is 22.3 Å². The summed E-state index contributed by atoms with van der Waals surface area (Å²) in [5.74, 6) is 1.21. The Balaban J connectivity index is 2.04. The van der Waals surface area contributed by atoms with Crippen molar-refractivity contribution in [2.45, 2.75) is 10.3 Å². The maximum Gasteiger partial charge on any atom is 0.270 e. The topological polar surface area (TPSA) is 89.8 Å². The average Bonchev–Trinajstić information content (AvgIpc) is 3.12. The highest BCUT2D eigenvalue weighted by atomic mass is 79.9. The van der Waals surface area contributed by atoms with Crippen molar-refractivity contribution in [3.8, 4) is 5.75 Å². The minimum Gasteiger partial charge on any atom is -0.496 e. The standard InChI is InChI=1S/C16H15BrN2O5S2/c1-24-15-6-5-11(17)9-14(15)16-18(7-8-25-16)26(22,23)13-4-2-3-12(10-13)19(20)21/h2-6,9-10,16H,7-8H2,1H3/t16-/m0/s1. The van der Waals surface area contributed by atoms with Crippen molar-refractivity contribution in [3.05, 3.63) is 62.6 Å². The molecule has 1 saturated heterocycles. The predicted molar refractivity (Wildman–Crippen MR) is 103 cm³/mol. The molecule has 138 valence electrons. The number of thioether (sulfide) groups is 1. The SMILES string of the molecule is COc1ccc(Br)cc1[C@@H]1SCCN1S(=O)(=O)c1cccc([N+](=O)[O-])c1. The van der Waals surface area contributed by atoms with E-state index in [0.29, 0.717) is 18.0 Å². The van der Waals surface area contributed by atoms with Gasteiger partial charge >= 0.3 is 0 Å². The van der Waals surface area contributed by atoms with Crippen molar-refractivity contribution >= 4 is 43.4 Å². The summed E-state index contributed by atoms with van der Waals surface area (Å²) in [6.07, 6.45) is 0. The monoisotopic (exact) mass is 458 g/mol. The number of ether oxygens (including phenoxy) is 1. The van der Waals surface area contributed by atoms with Crippen molar-refractivity contribution < 1.29 is 18.1 Å². The number of nitro benzene ring substituents is 1. The molecule has 1 aliphatic rings. The van der Waals surface area contributed by atoms with Crippen LogP contribution in [0.5, 0.6) is 5.75 Å². The first-order valence-corrected chi connectivity index (χ1v) is 10.8. The summed E-state index contributed by atoms with van der Waals surface area (Å²) in [6, 6.07) is 10.5. The molecule has 0 saturated carbocycles. The number of halogens is 1. The molecule has 0 amide bonds. The van der Waals surface area contributed by atoms with E-state index < -0.39 is 20.3 Å². The van der Waals surface area contributed by atoms with Crippen LogP contribution < -0.4 is 4.74 Å². The fraction of sp³-hybridized carbons (Fsp3) is 0.250. The number of methoxy groups -OCH3 is 1. The lowest BCUT2D eigenvalue weighted by atomic mass is 10.2. The van der Waals surface area contributed by atoms with Crippen molar-refractivity contribution in [1.82, 2.24) is 4.31 Å². The minimum atomic E-state index is -3.89. The van der Waals surface area contributed by atoms with Gasteiger partial charge in [-0.15, -0.1) is 11.8 Å². The number of nitro groups is 1. The fourth-order valence-corrected chi connectivity index (χ4v) is 6.40. The van der Waals surface area contributed by atoms with Gasteiger partial charge in [0.2, 0.25) is 10.0 Å². The smallest absolute Gasteiger partial charge is 0.270 e. The van der Waals surface area contributed by atoms with Gasteiger partial charge in [-0.05, 0) is 24.3 Å². The van der Waals surface area contributed by atoms with Crippen LogP contribution in [0.25, 0.3) is 0 Å². The number of hydrogen-bond donors (Lipinski definition) is 0. The number of sulfonamides is 1. The summed E-state index contributed by atoms with van der Waals surface area (Å²) in [6.45, 7) is 0.316. The first-order chi connectivity index (χ1) is 12.3. The molecule has 26 heavy (non-hydrogen) atoms. The van der Waals surface area contributed by atoms with Gasteiger partial charge in [-0.3, -0.25) is 10.1 Å². The highest BCUT2D eigenvalue weighted by Crippen LogP contribution is 2.45. The molecule has 10 heteroatoms. The molecule has 7 nitrogen and oxygen atoms in total. The third kappa shape index (κ3) is 3.59. The molecule has 0 N–H and O–H groups in total. The predicted octanol–water partition coefficient (Wildman–Crippen LogP) is 3.80. The van der Waals surface area contributed by atoms with Crippen LogP contribution in [0.3, 0.4) is 0 Å². The molecule has 1 aliphatic heterocycles. The van der Waals surface area contributed by atoms with Gasteiger partial charge in [-0.1, -0.05) is 22.0 Å². The van der Waals surface area contributed by atoms with Gasteiger partial charge in [0.15, 0.2) is 0 Å². The summed E-state index contributed by atoms with van der Waals surface area (Å²) in [4.78, 5) is 10.3. The van der Waals surface area contributed by atoms with Gasteiger partial charge in [0, 0.05) is 34.5 Å². The second-order valence-corrected chi connectivity index (χ2v) is 9.47. The third-order valence-corrected chi connectivity index (χ3v) is 7.67. The first kappa shape index (κ1) is 19.2. The Bertz CT molecular complexity index is 951. The van der Waals surface area contributed by atoms with Crippen molar-refractivity contribution in [2.75, 3.05) is 19.4 Å². The zero-order valence-corrected chi connectivity index (χ0v) is 16.9. The highest BCUT2D eigenvalue weighted by Gasteiger charge is 2.38. The van der Waals surface area contributed by atoms with Crippen molar-refractivity contribution in [3.63, 3.8) is 0 Å². The van der Waals surface area contributed by atoms with Crippen LogP contribution in [-0.4, -0.2) is 37.1 Å². The number of hydrogen-bond acceptors (Lipinski definition) is 6. The van der Waals surface area contributed by atoms with Gasteiger partial charge in [-0.2, -0.15) is 4.31 Å². The van der Waals surface area contributed by atoms with Crippen molar-refractivity contribution in [2.24, 2.45) is 0 Å². The van der Waals surface area contributed by atoms with Gasteiger partial charge < -0.3 is 4.74 Å². The Labute approximate surface area is 163 Å². The lowest BCUT2D eigenvalue weighted by Gasteiger charge is -2.25. The molecule has 1 atom stereocenters. The van der Waals surface area contributed by atoms with Crippen LogP contribution in [0.4, 0.5) is 5.69 Å². The van der Waals surface area contributed by atoms with E-state index in [0.717, 1.165) is 16.1 Å². The third-order valence-electron chi connectivity index (χ3n) is 3.94. The normalized spacial score (nSPS) is 18.0. The molecule has 2 aromatic carbocycles. The van der Waals surface area contributed by atoms with E-state index in [9.17, 15) is 18.5 Å². The van der Waals surface area contributed by atoms with E-state index in [1.165, 1.54) is 41.4 Å². The second kappa shape index (κ2) is 7.55. The fourth-order valence-electron chi connectivity index (χ4n) is 2.74. The van der Waals surface area contributed by atoms with Crippen LogP contribution in [-0.2, 0) is 10.0 Å². The van der Waals surface area contributed by atoms with Gasteiger partial charge in [0.1, 0.15) is 5.75 Å². The van der Waals surface area contributed by atoms with E-state index in [4.69, 9.17) is 4.74 Å². The van der Waals surface area contributed by atoms with E-state index >= 15 is 0 Å². The molecule has 0 aliphatic carbocycles. The van der Waals surface area contributed by atoms with Crippen LogP contribution in [0.2, 0.25) is 0 Å². The molecule has 1 heterocycles. The Morgan fingerprint density at radius 2 is 2.08 bits per heavy atom. The molecule has 0 bridgehead atoms. The molecule has 2 aromatic rings. The summed E-state index contributed by atoms with van der Waals surface area (Å²) in [5.41, 5.74) is 0.480. The number of non-ortho nitro benzene ring substituents is 1.